The Morgan fingerprint density at radius 2 is 1.97 bits per heavy atom. The van der Waals surface area contributed by atoms with Gasteiger partial charge in [-0.25, -0.2) is 13.2 Å². The van der Waals surface area contributed by atoms with Crippen LogP contribution in [0.25, 0.3) is 11.0 Å². The smallest absolute Gasteiger partial charge is 0.297 e. The largest absolute Gasteiger partial charge is 0.487 e. The Hall–Kier alpha value is -2.53. The molecule has 4 rings (SSSR count). The van der Waals surface area contributed by atoms with Crippen molar-refractivity contribution in [3.8, 4) is 11.8 Å². The molecular formula is C23H30F3N3O5. The molecule has 1 amide bonds. The van der Waals surface area contributed by atoms with Crippen molar-refractivity contribution in [2.75, 3.05) is 26.4 Å². The maximum absolute atomic E-state index is 15.1. The van der Waals surface area contributed by atoms with E-state index in [-0.39, 0.29) is 60.2 Å². The highest BCUT2D eigenvalue weighted by Gasteiger charge is 2.40. The zero-order valence-corrected chi connectivity index (χ0v) is 19.5. The molecule has 2 aliphatic rings. The number of ether oxygens (including phenoxy) is 4. The van der Waals surface area contributed by atoms with E-state index in [9.17, 15) is 13.6 Å². The fourth-order valence-corrected chi connectivity index (χ4v) is 4.22. The van der Waals surface area contributed by atoms with Gasteiger partial charge in [0.1, 0.15) is 23.7 Å². The zero-order valence-electron chi connectivity index (χ0n) is 19.5. The Morgan fingerprint density at radius 3 is 2.59 bits per heavy atom. The summed E-state index contributed by atoms with van der Waals surface area (Å²) in [6.45, 7) is 3.09. The number of nitrogens with zero attached hydrogens (tertiary/aromatic N) is 2. The fraction of sp³-hybridized carbons (Fsp3) is 0.652. The third-order valence-electron chi connectivity index (χ3n) is 6.10. The van der Waals surface area contributed by atoms with Gasteiger partial charge in [-0.1, -0.05) is 0 Å². The minimum absolute atomic E-state index is 0.0611. The summed E-state index contributed by atoms with van der Waals surface area (Å²) in [7, 11) is 1.53. The molecule has 1 aromatic heterocycles. The molecule has 2 fully saturated rings. The van der Waals surface area contributed by atoms with Crippen LogP contribution >= 0.6 is 0 Å². The van der Waals surface area contributed by atoms with Crippen LogP contribution in [0.1, 0.15) is 39.5 Å². The lowest BCUT2D eigenvalue weighted by molar-refractivity contribution is -0.146. The molecule has 1 saturated carbocycles. The van der Waals surface area contributed by atoms with Crippen LogP contribution in [0.15, 0.2) is 6.07 Å². The molecule has 0 unspecified atom stereocenters. The first-order valence-corrected chi connectivity index (χ1v) is 11.4. The number of hydrogen-bond donors (Lipinski definition) is 1. The van der Waals surface area contributed by atoms with Gasteiger partial charge in [0.05, 0.1) is 25.9 Å². The quantitative estimate of drug-likeness (QED) is 0.588. The number of carbonyl (C=O) groups is 1. The van der Waals surface area contributed by atoms with E-state index in [1.807, 2.05) is 6.92 Å². The number of rotatable bonds is 9. The lowest BCUT2D eigenvalue weighted by Gasteiger charge is -2.33. The SMILES string of the molecule is CC(=O)N[C@@H](C)COC1CCC(Oc2nc3c(F)cc(OCC4(F)COC4)c(F)c3n2C)CC1. The van der Waals surface area contributed by atoms with Crippen molar-refractivity contribution in [3.05, 3.63) is 17.7 Å². The number of aryl methyl sites for hydroxylation is 1. The average molecular weight is 486 g/mol. The van der Waals surface area contributed by atoms with E-state index in [0.717, 1.165) is 18.9 Å². The molecule has 34 heavy (non-hydrogen) atoms. The third-order valence-corrected chi connectivity index (χ3v) is 6.10. The maximum atomic E-state index is 15.1. The van der Waals surface area contributed by atoms with Crippen LogP contribution in [0.5, 0.6) is 11.8 Å². The average Bonchev–Trinajstić information content (AvgIpc) is 3.10. The molecule has 188 valence electrons. The summed E-state index contributed by atoms with van der Waals surface area (Å²) in [6.07, 6.45) is 2.80. The van der Waals surface area contributed by atoms with E-state index in [4.69, 9.17) is 18.9 Å². The second kappa shape index (κ2) is 9.99. The molecule has 0 radical (unpaired) electrons. The van der Waals surface area contributed by atoms with E-state index in [1.165, 1.54) is 18.5 Å². The van der Waals surface area contributed by atoms with Gasteiger partial charge in [0.15, 0.2) is 23.1 Å². The number of carbonyl (C=O) groups excluding carboxylic acids is 1. The number of fused-ring (bicyclic) bond motifs is 1. The van der Waals surface area contributed by atoms with Gasteiger partial charge in [-0.3, -0.25) is 9.36 Å². The van der Waals surface area contributed by atoms with Crippen molar-refractivity contribution in [2.45, 2.75) is 63.4 Å². The standard InChI is InChI=1S/C23H30F3N3O5/c1-13(27-14(2)30)9-32-15-4-6-16(7-5-15)34-22-28-20-17(24)8-18(19(25)21(20)29(22)3)33-12-23(26)10-31-11-23/h8,13,15-16H,4-7,9-12H2,1-3H3,(H,27,30)/t13-,15?,16?/m0/s1. The fourth-order valence-electron chi connectivity index (χ4n) is 4.22. The number of aromatic nitrogens is 2. The molecule has 11 heteroatoms. The molecular weight excluding hydrogens is 455 g/mol. The molecule has 8 nitrogen and oxygen atoms in total. The second-order valence-electron chi connectivity index (χ2n) is 9.20. The summed E-state index contributed by atoms with van der Waals surface area (Å²) in [5.41, 5.74) is -1.97. The summed E-state index contributed by atoms with van der Waals surface area (Å²) < 4.78 is 67.1. The summed E-state index contributed by atoms with van der Waals surface area (Å²) in [5, 5.41) is 2.78. The number of benzene rings is 1. The van der Waals surface area contributed by atoms with Crippen molar-refractivity contribution in [1.29, 1.82) is 0 Å². The van der Waals surface area contributed by atoms with Crippen molar-refractivity contribution < 1.29 is 36.9 Å². The van der Waals surface area contributed by atoms with Gasteiger partial charge in [-0.2, -0.15) is 4.98 Å². The van der Waals surface area contributed by atoms with Crippen LogP contribution in [-0.2, 0) is 21.3 Å². The van der Waals surface area contributed by atoms with Gasteiger partial charge >= 0.3 is 0 Å². The first kappa shape index (κ1) is 24.6. The van der Waals surface area contributed by atoms with Crippen molar-refractivity contribution in [1.82, 2.24) is 14.9 Å². The highest BCUT2D eigenvalue weighted by molar-refractivity contribution is 5.80. The van der Waals surface area contributed by atoms with Gasteiger partial charge < -0.3 is 24.3 Å². The van der Waals surface area contributed by atoms with Crippen molar-refractivity contribution >= 4 is 16.9 Å². The molecule has 1 saturated heterocycles. The van der Waals surface area contributed by atoms with Crippen LogP contribution < -0.4 is 14.8 Å². The molecule has 1 aliphatic carbocycles. The van der Waals surface area contributed by atoms with Crippen LogP contribution in [0.3, 0.4) is 0 Å². The Balaban J connectivity index is 1.37. The summed E-state index contributed by atoms with van der Waals surface area (Å²) in [6, 6.07) is 0.910. The van der Waals surface area contributed by atoms with E-state index in [0.29, 0.717) is 19.4 Å². The van der Waals surface area contributed by atoms with E-state index in [2.05, 4.69) is 10.3 Å². The molecule has 0 spiro atoms. The van der Waals surface area contributed by atoms with E-state index in [1.54, 1.807) is 0 Å². The Kier molecular flexibility index (Phi) is 7.22. The van der Waals surface area contributed by atoms with Crippen LogP contribution in [-0.4, -0.2) is 65.8 Å². The Labute approximate surface area is 195 Å². The molecule has 1 aliphatic heterocycles. The van der Waals surface area contributed by atoms with Crippen LogP contribution in [0, 0.1) is 11.6 Å². The molecule has 1 atom stereocenters. The minimum atomic E-state index is -1.69. The summed E-state index contributed by atoms with van der Waals surface area (Å²) in [4.78, 5) is 15.3. The predicted octanol–water partition coefficient (Wildman–Crippen LogP) is 3.20. The molecule has 1 N–H and O–H groups in total. The first-order valence-electron chi connectivity index (χ1n) is 11.4. The highest BCUT2D eigenvalue weighted by Crippen LogP contribution is 2.34. The van der Waals surface area contributed by atoms with E-state index >= 15 is 4.39 Å². The van der Waals surface area contributed by atoms with Gasteiger partial charge in [0.25, 0.3) is 6.01 Å². The normalized spacial score (nSPS) is 22.8. The van der Waals surface area contributed by atoms with Gasteiger partial charge in [0, 0.05) is 26.1 Å². The molecule has 2 heterocycles. The van der Waals surface area contributed by atoms with Crippen LogP contribution in [0.4, 0.5) is 13.2 Å². The highest BCUT2D eigenvalue weighted by atomic mass is 19.1. The Morgan fingerprint density at radius 1 is 1.29 bits per heavy atom. The third kappa shape index (κ3) is 5.41. The second-order valence-corrected chi connectivity index (χ2v) is 9.20. The van der Waals surface area contributed by atoms with Crippen molar-refractivity contribution in [2.24, 2.45) is 7.05 Å². The van der Waals surface area contributed by atoms with Gasteiger partial charge in [-0.05, 0) is 32.6 Å². The number of alkyl halides is 1. The number of halogens is 3. The van der Waals surface area contributed by atoms with Gasteiger partial charge in [0.2, 0.25) is 5.91 Å². The lowest BCUT2D eigenvalue weighted by Crippen LogP contribution is -2.50. The van der Waals surface area contributed by atoms with E-state index < -0.39 is 23.9 Å². The van der Waals surface area contributed by atoms with Crippen molar-refractivity contribution in [3.63, 3.8) is 0 Å². The van der Waals surface area contributed by atoms with Crippen LogP contribution in [0.2, 0.25) is 0 Å². The van der Waals surface area contributed by atoms with Gasteiger partial charge in [-0.15, -0.1) is 0 Å². The lowest BCUT2D eigenvalue weighted by atomic mass is 9.95. The molecule has 1 aromatic carbocycles. The minimum Gasteiger partial charge on any atom is -0.487 e. The predicted molar refractivity (Wildman–Crippen MR) is 117 cm³/mol. The maximum Gasteiger partial charge on any atom is 0.297 e. The number of hydrogen-bond acceptors (Lipinski definition) is 6. The molecule has 2 aromatic rings. The monoisotopic (exact) mass is 485 g/mol. The Bertz CT molecular complexity index is 1030. The summed E-state index contributed by atoms with van der Waals surface area (Å²) in [5.74, 6) is -2.08. The topological polar surface area (TPSA) is 83.8 Å². The number of amides is 1. The number of imidazole rings is 1. The molecule has 0 bridgehead atoms. The first-order chi connectivity index (χ1) is 16.1. The summed E-state index contributed by atoms with van der Waals surface area (Å²) >= 11 is 0. The zero-order chi connectivity index (χ0) is 24.5. The number of nitrogens with one attached hydrogen (secondary N) is 1.